The van der Waals surface area contributed by atoms with Gasteiger partial charge in [0.15, 0.2) is 0 Å². The minimum Gasteiger partial charge on any atom is -0.507 e. The van der Waals surface area contributed by atoms with Crippen LogP contribution in [-0.2, 0) is 4.74 Å². The summed E-state index contributed by atoms with van der Waals surface area (Å²) in [5.74, 6) is 0.121. The molecular weight excluding hydrogens is 256 g/mol. The van der Waals surface area contributed by atoms with Crippen LogP contribution in [-0.4, -0.2) is 23.5 Å². The van der Waals surface area contributed by atoms with Crippen LogP contribution in [0.5, 0.6) is 5.75 Å². The molecule has 0 saturated heterocycles. The van der Waals surface area contributed by atoms with Crippen LogP contribution in [0.15, 0.2) is 41.5 Å². The van der Waals surface area contributed by atoms with Crippen LogP contribution < -0.4 is 5.43 Å². The predicted molar refractivity (Wildman–Crippen MR) is 78.0 cm³/mol. The third-order valence-electron chi connectivity index (χ3n) is 2.86. The van der Waals surface area contributed by atoms with Gasteiger partial charge in [0.2, 0.25) is 0 Å². The van der Waals surface area contributed by atoms with Crippen LogP contribution in [0, 0.1) is 0 Å². The van der Waals surface area contributed by atoms with Gasteiger partial charge in [-0.1, -0.05) is 30.3 Å². The molecule has 0 spiro atoms. The van der Waals surface area contributed by atoms with Gasteiger partial charge in [0, 0.05) is 5.56 Å². The maximum absolute atomic E-state index is 11.2. The molecule has 0 atom stereocenters. The van der Waals surface area contributed by atoms with Gasteiger partial charge in [-0.05, 0) is 30.7 Å². The quantitative estimate of drug-likeness (QED) is 0.666. The molecule has 1 amide bonds. The number of phenols is 1. The monoisotopic (exact) mass is 272 g/mol. The molecule has 0 saturated carbocycles. The maximum Gasteiger partial charge on any atom is 0.427 e. The summed E-state index contributed by atoms with van der Waals surface area (Å²) in [7, 11) is 0. The maximum atomic E-state index is 11.2. The fourth-order valence-electron chi connectivity index (χ4n) is 1.99. The first kappa shape index (κ1) is 13.9. The van der Waals surface area contributed by atoms with Gasteiger partial charge in [-0.2, -0.15) is 5.10 Å². The molecule has 0 aliphatic rings. The first-order valence-corrected chi connectivity index (χ1v) is 6.31. The molecule has 0 heterocycles. The van der Waals surface area contributed by atoms with E-state index in [2.05, 4.69) is 10.5 Å². The van der Waals surface area contributed by atoms with Crippen LogP contribution in [0.25, 0.3) is 10.8 Å². The van der Waals surface area contributed by atoms with Gasteiger partial charge < -0.3 is 9.84 Å². The molecular formula is C15H16N2O3. The van der Waals surface area contributed by atoms with Crippen LogP contribution in [0.1, 0.15) is 19.4 Å². The standard InChI is InChI=1S/C15H16N2O3/c1-3-20-15(19)17-16-10(2)14-12-7-5-4-6-11(12)8-9-13(14)18/h4-9,18H,3H2,1-2H3,(H,17,19)/b16-10-. The lowest BCUT2D eigenvalue weighted by Gasteiger charge is -2.09. The Labute approximate surface area is 116 Å². The second-order valence-electron chi connectivity index (χ2n) is 4.21. The van der Waals surface area contributed by atoms with Crippen molar-refractivity contribution in [3.63, 3.8) is 0 Å². The topological polar surface area (TPSA) is 70.9 Å². The summed E-state index contributed by atoms with van der Waals surface area (Å²) in [4.78, 5) is 11.2. The third kappa shape index (κ3) is 2.88. The number of amides is 1. The average Bonchev–Trinajstić information content (AvgIpc) is 2.45. The molecule has 0 aromatic heterocycles. The summed E-state index contributed by atoms with van der Waals surface area (Å²) >= 11 is 0. The van der Waals surface area contributed by atoms with E-state index in [-0.39, 0.29) is 12.4 Å². The van der Waals surface area contributed by atoms with Crippen molar-refractivity contribution >= 4 is 22.6 Å². The number of aromatic hydroxyl groups is 1. The smallest absolute Gasteiger partial charge is 0.427 e. The number of phenolic OH excluding ortho intramolecular Hbond substituents is 1. The van der Waals surface area contributed by atoms with E-state index in [1.165, 1.54) is 0 Å². The van der Waals surface area contributed by atoms with E-state index in [1.807, 2.05) is 30.3 Å². The fraction of sp³-hybridized carbons (Fsp3) is 0.200. The number of nitrogens with zero attached hydrogens (tertiary/aromatic N) is 1. The number of benzene rings is 2. The van der Waals surface area contributed by atoms with Gasteiger partial charge in [0.05, 0.1) is 12.3 Å². The average molecular weight is 272 g/mol. The highest BCUT2D eigenvalue weighted by molar-refractivity contribution is 6.12. The Morgan fingerprint density at radius 3 is 2.80 bits per heavy atom. The molecule has 20 heavy (non-hydrogen) atoms. The number of rotatable bonds is 3. The van der Waals surface area contributed by atoms with Crippen molar-refractivity contribution in [1.29, 1.82) is 0 Å². The van der Waals surface area contributed by atoms with E-state index in [4.69, 9.17) is 4.74 Å². The molecule has 0 unspecified atom stereocenters. The first-order valence-electron chi connectivity index (χ1n) is 6.31. The van der Waals surface area contributed by atoms with Crippen molar-refractivity contribution in [2.45, 2.75) is 13.8 Å². The normalized spacial score (nSPS) is 11.4. The number of hydrogen-bond acceptors (Lipinski definition) is 4. The lowest BCUT2D eigenvalue weighted by atomic mass is 10.0. The van der Waals surface area contributed by atoms with Gasteiger partial charge >= 0.3 is 6.09 Å². The van der Waals surface area contributed by atoms with Crippen LogP contribution in [0.4, 0.5) is 4.79 Å². The molecule has 2 aromatic rings. The Hall–Kier alpha value is -2.56. The molecule has 0 aliphatic heterocycles. The van der Waals surface area contributed by atoms with Gasteiger partial charge in [-0.3, -0.25) is 0 Å². The SMILES string of the molecule is CCOC(=O)N/N=C(/C)c1c(O)ccc2ccccc12. The zero-order chi connectivity index (χ0) is 14.5. The summed E-state index contributed by atoms with van der Waals surface area (Å²) in [6.07, 6.45) is -0.619. The Morgan fingerprint density at radius 1 is 1.30 bits per heavy atom. The zero-order valence-corrected chi connectivity index (χ0v) is 11.4. The van der Waals surface area contributed by atoms with Gasteiger partial charge in [-0.15, -0.1) is 0 Å². The van der Waals surface area contributed by atoms with E-state index in [9.17, 15) is 9.90 Å². The Bertz CT molecular complexity index is 665. The highest BCUT2D eigenvalue weighted by atomic mass is 16.5. The van der Waals surface area contributed by atoms with E-state index < -0.39 is 6.09 Å². The van der Waals surface area contributed by atoms with Crippen LogP contribution in [0.2, 0.25) is 0 Å². The minimum atomic E-state index is -0.619. The second kappa shape index (κ2) is 6.06. The van der Waals surface area contributed by atoms with Gasteiger partial charge in [0.1, 0.15) is 5.75 Å². The molecule has 5 nitrogen and oxygen atoms in total. The first-order chi connectivity index (χ1) is 9.63. The lowest BCUT2D eigenvalue weighted by molar-refractivity contribution is 0.152. The number of hydrogen-bond donors (Lipinski definition) is 2. The van der Waals surface area contributed by atoms with Crippen molar-refractivity contribution in [2.24, 2.45) is 5.10 Å². The molecule has 104 valence electrons. The number of carbonyl (C=O) groups is 1. The van der Waals surface area contributed by atoms with Crippen molar-refractivity contribution in [2.75, 3.05) is 6.61 Å². The van der Waals surface area contributed by atoms with Crippen molar-refractivity contribution < 1.29 is 14.6 Å². The molecule has 0 aliphatic carbocycles. The minimum absolute atomic E-state index is 0.121. The van der Waals surface area contributed by atoms with Gasteiger partial charge in [0.25, 0.3) is 0 Å². The van der Waals surface area contributed by atoms with Crippen LogP contribution >= 0.6 is 0 Å². The number of hydrazone groups is 1. The molecule has 2 rings (SSSR count). The van der Waals surface area contributed by atoms with Crippen molar-refractivity contribution in [3.05, 3.63) is 42.0 Å². The van der Waals surface area contributed by atoms with Crippen molar-refractivity contribution in [1.82, 2.24) is 5.43 Å². The Kier molecular flexibility index (Phi) is 4.20. The van der Waals surface area contributed by atoms with E-state index in [1.54, 1.807) is 19.9 Å². The predicted octanol–water partition coefficient (Wildman–Crippen LogP) is 3.02. The summed E-state index contributed by atoms with van der Waals surface area (Å²) in [5.41, 5.74) is 3.39. The third-order valence-corrected chi connectivity index (χ3v) is 2.86. The van der Waals surface area contributed by atoms with E-state index in [0.717, 1.165) is 10.8 Å². The highest BCUT2D eigenvalue weighted by Crippen LogP contribution is 2.27. The van der Waals surface area contributed by atoms with Crippen molar-refractivity contribution in [3.8, 4) is 5.75 Å². The number of nitrogens with one attached hydrogen (secondary N) is 1. The Balaban J connectivity index is 2.38. The summed E-state index contributed by atoms with van der Waals surface area (Å²) in [5, 5.41) is 15.8. The number of ether oxygens (including phenoxy) is 1. The largest absolute Gasteiger partial charge is 0.507 e. The highest BCUT2D eigenvalue weighted by Gasteiger charge is 2.10. The second-order valence-corrected chi connectivity index (χ2v) is 4.21. The molecule has 0 bridgehead atoms. The molecule has 2 N–H and O–H groups in total. The molecule has 0 fully saturated rings. The van der Waals surface area contributed by atoms with E-state index in [0.29, 0.717) is 11.3 Å². The fourth-order valence-corrected chi connectivity index (χ4v) is 1.99. The van der Waals surface area contributed by atoms with Gasteiger partial charge in [-0.25, -0.2) is 10.2 Å². The number of fused-ring (bicyclic) bond motifs is 1. The summed E-state index contributed by atoms with van der Waals surface area (Å²) in [6, 6.07) is 11.1. The molecule has 5 heteroatoms. The zero-order valence-electron chi connectivity index (χ0n) is 11.4. The molecule has 2 aromatic carbocycles. The summed E-state index contributed by atoms with van der Waals surface area (Å²) in [6.45, 7) is 3.71. The summed E-state index contributed by atoms with van der Waals surface area (Å²) < 4.78 is 4.73. The van der Waals surface area contributed by atoms with Crippen LogP contribution in [0.3, 0.4) is 0 Å². The Morgan fingerprint density at radius 2 is 2.05 bits per heavy atom. The lowest BCUT2D eigenvalue weighted by Crippen LogP contribution is -2.20. The molecule has 0 radical (unpaired) electrons. The van der Waals surface area contributed by atoms with E-state index >= 15 is 0 Å². The number of carbonyl (C=O) groups excluding carboxylic acids is 1.